The van der Waals surface area contributed by atoms with Crippen LogP contribution in [0.5, 0.6) is 5.75 Å². The molecule has 0 saturated heterocycles. The zero-order valence-electron chi connectivity index (χ0n) is 12.8. The molecule has 0 aliphatic rings. The van der Waals surface area contributed by atoms with Crippen LogP contribution in [0, 0.1) is 0 Å². The Hall–Kier alpha value is -2.02. The van der Waals surface area contributed by atoms with Gasteiger partial charge < -0.3 is 10.1 Å². The number of rotatable bonds is 5. The van der Waals surface area contributed by atoms with E-state index in [4.69, 9.17) is 4.74 Å². The van der Waals surface area contributed by atoms with E-state index in [1.807, 2.05) is 13.0 Å². The van der Waals surface area contributed by atoms with Gasteiger partial charge in [-0.1, -0.05) is 35.0 Å². The molecule has 3 nitrogen and oxygen atoms in total. The summed E-state index contributed by atoms with van der Waals surface area (Å²) in [5.74, 6) is -0.128. The SMILES string of the molecule is CCc1cc(Br)ccc1OCC(=O)Nc1ccccc1C(F)(F)F. The lowest BCUT2D eigenvalue weighted by Crippen LogP contribution is -2.22. The monoisotopic (exact) mass is 401 g/mol. The van der Waals surface area contributed by atoms with Gasteiger partial charge in [0.15, 0.2) is 6.61 Å². The number of carbonyl (C=O) groups is 1. The van der Waals surface area contributed by atoms with Crippen molar-refractivity contribution in [2.24, 2.45) is 0 Å². The van der Waals surface area contributed by atoms with E-state index >= 15 is 0 Å². The number of hydrogen-bond acceptors (Lipinski definition) is 2. The zero-order valence-corrected chi connectivity index (χ0v) is 14.4. The van der Waals surface area contributed by atoms with Gasteiger partial charge in [-0.05, 0) is 42.3 Å². The number of nitrogens with one attached hydrogen (secondary N) is 1. The minimum absolute atomic E-state index is 0.287. The maximum atomic E-state index is 12.9. The third kappa shape index (κ3) is 4.74. The molecular weight excluding hydrogens is 387 g/mol. The molecule has 0 atom stereocenters. The fourth-order valence-electron chi connectivity index (χ4n) is 2.13. The molecule has 0 bridgehead atoms. The molecular formula is C17H15BrF3NO2. The highest BCUT2D eigenvalue weighted by atomic mass is 79.9. The quantitative estimate of drug-likeness (QED) is 0.761. The molecule has 0 saturated carbocycles. The molecule has 1 amide bonds. The Morgan fingerprint density at radius 2 is 1.92 bits per heavy atom. The molecule has 0 fully saturated rings. The van der Waals surface area contributed by atoms with E-state index < -0.39 is 17.6 Å². The fourth-order valence-corrected chi connectivity index (χ4v) is 2.54. The van der Waals surface area contributed by atoms with E-state index in [0.717, 1.165) is 16.1 Å². The van der Waals surface area contributed by atoms with E-state index in [2.05, 4.69) is 21.2 Å². The topological polar surface area (TPSA) is 38.3 Å². The number of amides is 1. The average Bonchev–Trinajstić information content (AvgIpc) is 2.53. The van der Waals surface area contributed by atoms with Gasteiger partial charge in [0, 0.05) is 4.47 Å². The van der Waals surface area contributed by atoms with Crippen LogP contribution in [0.15, 0.2) is 46.9 Å². The van der Waals surface area contributed by atoms with E-state index in [0.29, 0.717) is 12.2 Å². The summed E-state index contributed by atoms with van der Waals surface area (Å²) >= 11 is 3.35. The second-order valence-electron chi connectivity index (χ2n) is 4.99. The molecule has 2 aromatic rings. The van der Waals surface area contributed by atoms with Gasteiger partial charge >= 0.3 is 6.18 Å². The van der Waals surface area contributed by atoms with Gasteiger partial charge in [-0.2, -0.15) is 13.2 Å². The summed E-state index contributed by atoms with van der Waals surface area (Å²) in [5, 5.41) is 2.24. The number of anilines is 1. The number of aryl methyl sites for hydroxylation is 1. The van der Waals surface area contributed by atoms with Crippen molar-refractivity contribution in [2.45, 2.75) is 19.5 Å². The second kappa shape index (κ2) is 7.70. The van der Waals surface area contributed by atoms with Crippen LogP contribution in [-0.4, -0.2) is 12.5 Å². The highest BCUT2D eigenvalue weighted by molar-refractivity contribution is 9.10. The van der Waals surface area contributed by atoms with Crippen LogP contribution in [0.25, 0.3) is 0 Å². The van der Waals surface area contributed by atoms with Gasteiger partial charge in [0.1, 0.15) is 5.75 Å². The summed E-state index contributed by atoms with van der Waals surface area (Å²) in [4.78, 5) is 11.9. The van der Waals surface area contributed by atoms with E-state index in [1.54, 1.807) is 12.1 Å². The van der Waals surface area contributed by atoms with Crippen LogP contribution in [0.1, 0.15) is 18.1 Å². The predicted molar refractivity (Wildman–Crippen MR) is 89.1 cm³/mol. The molecule has 0 radical (unpaired) electrons. The lowest BCUT2D eigenvalue weighted by molar-refractivity contribution is -0.137. The summed E-state index contributed by atoms with van der Waals surface area (Å²) < 4.78 is 45.0. The molecule has 128 valence electrons. The zero-order chi connectivity index (χ0) is 17.7. The van der Waals surface area contributed by atoms with Crippen LogP contribution in [0.4, 0.5) is 18.9 Å². The Morgan fingerprint density at radius 3 is 2.58 bits per heavy atom. The minimum atomic E-state index is -4.54. The van der Waals surface area contributed by atoms with Crippen LogP contribution < -0.4 is 10.1 Å². The smallest absolute Gasteiger partial charge is 0.418 e. The standard InChI is InChI=1S/C17H15BrF3NO2/c1-2-11-9-12(18)7-8-15(11)24-10-16(23)22-14-6-4-3-5-13(14)17(19,20)21/h3-9H,2,10H2,1H3,(H,22,23). The fraction of sp³-hybridized carbons (Fsp3) is 0.235. The molecule has 0 heterocycles. The van der Waals surface area contributed by atoms with Crippen molar-refractivity contribution in [1.82, 2.24) is 0 Å². The Balaban J connectivity index is 2.05. The summed E-state index contributed by atoms with van der Waals surface area (Å²) in [6.07, 6.45) is -3.83. The molecule has 0 unspecified atom stereocenters. The molecule has 7 heteroatoms. The summed E-state index contributed by atoms with van der Waals surface area (Å²) in [6.45, 7) is 1.56. The molecule has 0 aromatic heterocycles. The van der Waals surface area contributed by atoms with Gasteiger partial charge in [0.25, 0.3) is 5.91 Å². The number of hydrogen-bond donors (Lipinski definition) is 1. The van der Waals surface area contributed by atoms with Gasteiger partial charge in [-0.15, -0.1) is 0 Å². The molecule has 24 heavy (non-hydrogen) atoms. The first kappa shape index (κ1) is 18.3. The summed E-state index contributed by atoms with van der Waals surface area (Å²) in [6, 6.07) is 10.2. The first-order chi connectivity index (χ1) is 11.3. The number of para-hydroxylation sites is 1. The lowest BCUT2D eigenvalue weighted by atomic mass is 10.1. The van der Waals surface area contributed by atoms with Crippen molar-refractivity contribution in [3.63, 3.8) is 0 Å². The molecule has 1 N–H and O–H groups in total. The van der Waals surface area contributed by atoms with Gasteiger partial charge in [0.2, 0.25) is 0 Å². The first-order valence-corrected chi connectivity index (χ1v) is 7.98. The van der Waals surface area contributed by atoms with Gasteiger partial charge in [-0.3, -0.25) is 4.79 Å². The summed E-state index contributed by atoms with van der Waals surface area (Å²) in [5.41, 5.74) is -0.283. The molecule has 2 aromatic carbocycles. The minimum Gasteiger partial charge on any atom is -0.483 e. The molecule has 2 rings (SSSR count). The van der Waals surface area contributed by atoms with Crippen LogP contribution >= 0.6 is 15.9 Å². The van der Waals surface area contributed by atoms with Crippen LogP contribution in [-0.2, 0) is 17.4 Å². The highest BCUT2D eigenvalue weighted by Gasteiger charge is 2.33. The molecule has 0 aliphatic carbocycles. The van der Waals surface area contributed by atoms with E-state index in [-0.39, 0.29) is 12.3 Å². The Morgan fingerprint density at radius 1 is 1.21 bits per heavy atom. The lowest BCUT2D eigenvalue weighted by Gasteiger charge is -2.14. The van der Waals surface area contributed by atoms with Crippen molar-refractivity contribution in [2.75, 3.05) is 11.9 Å². The van der Waals surface area contributed by atoms with Gasteiger partial charge in [-0.25, -0.2) is 0 Å². The normalized spacial score (nSPS) is 11.2. The highest BCUT2D eigenvalue weighted by Crippen LogP contribution is 2.34. The van der Waals surface area contributed by atoms with Crippen molar-refractivity contribution in [1.29, 1.82) is 0 Å². The van der Waals surface area contributed by atoms with Crippen LogP contribution in [0.3, 0.4) is 0 Å². The Bertz CT molecular complexity index is 732. The van der Waals surface area contributed by atoms with Crippen molar-refractivity contribution in [3.05, 3.63) is 58.1 Å². The van der Waals surface area contributed by atoms with Crippen molar-refractivity contribution in [3.8, 4) is 5.75 Å². The maximum Gasteiger partial charge on any atom is 0.418 e. The van der Waals surface area contributed by atoms with Gasteiger partial charge in [0.05, 0.1) is 11.3 Å². The van der Waals surface area contributed by atoms with E-state index in [1.165, 1.54) is 18.2 Å². The van der Waals surface area contributed by atoms with Crippen molar-refractivity contribution < 1.29 is 22.7 Å². The number of ether oxygens (including phenoxy) is 1. The second-order valence-corrected chi connectivity index (χ2v) is 5.90. The van der Waals surface area contributed by atoms with Crippen LogP contribution in [0.2, 0.25) is 0 Å². The number of benzene rings is 2. The maximum absolute atomic E-state index is 12.9. The third-order valence-electron chi connectivity index (χ3n) is 3.27. The molecule has 0 aliphatic heterocycles. The first-order valence-electron chi connectivity index (χ1n) is 7.18. The number of halogens is 4. The molecule has 0 spiro atoms. The largest absolute Gasteiger partial charge is 0.483 e. The third-order valence-corrected chi connectivity index (χ3v) is 3.76. The van der Waals surface area contributed by atoms with E-state index in [9.17, 15) is 18.0 Å². The number of alkyl halides is 3. The predicted octanol–water partition coefficient (Wildman–Crippen LogP) is 5.05. The Labute approximate surface area is 146 Å². The summed E-state index contributed by atoms with van der Waals surface area (Å²) in [7, 11) is 0. The average molecular weight is 402 g/mol. The number of carbonyl (C=O) groups excluding carboxylic acids is 1. The van der Waals surface area contributed by atoms with Crippen molar-refractivity contribution >= 4 is 27.5 Å². The Kier molecular flexibility index (Phi) is 5.88.